The predicted octanol–water partition coefficient (Wildman–Crippen LogP) is 2.47. The highest BCUT2D eigenvalue weighted by Crippen LogP contribution is 2.14. The molecule has 3 rings (SSSR count). The maximum Gasteiger partial charge on any atom is 0.305 e. The van der Waals surface area contributed by atoms with E-state index in [-0.39, 0.29) is 18.8 Å². The molecular weight excluding hydrogens is 350 g/mol. The topological polar surface area (TPSA) is 107 Å². The Hall–Kier alpha value is -3.55. The first-order valence-electron chi connectivity index (χ1n) is 8.30. The Morgan fingerprint density at radius 1 is 1.07 bits per heavy atom. The second-order valence-corrected chi connectivity index (χ2v) is 5.85. The molecule has 140 valence electrons. The van der Waals surface area contributed by atoms with Crippen molar-refractivity contribution >= 4 is 11.8 Å². The molecule has 0 unspecified atom stereocenters. The third kappa shape index (κ3) is 4.75. The van der Waals surface area contributed by atoms with Crippen LogP contribution in [0.5, 0.6) is 5.75 Å². The molecule has 0 spiro atoms. The van der Waals surface area contributed by atoms with E-state index in [1.807, 2.05) is 30.3 Å². The molecule has 0 aliphatic carbocycles. The molecule has 0 saturated heterocycles. The minimum atomic E-state index is -0.562. The number of nitrogens with one attached hydrogen (secondary N) is 2. The lowest BCUT2D eigenvalue weighted by atomic mass is 10.1. The zero-order chi connectivity index (χ0) is 19.2. The average molecular weight is 369 g/mol. The van der Waals surface area contributed by atoms with Gasteiger partial charge in [-0.1, -0.05) is 23.4 Å². The minimum Gasteiger partial charge on any atom is -0.486 e. The predicted molar refractivity (Wildman–Crippen MR) is 94.8 cm³/mol. The number of hydrazine groups is 1. The van der Waals surface area contributed by atoms with E-state index in [1.165, 1.54) is 6.07 Å². The summed E-state index contributed by atoms with van der Waals surface area (Å²) in [6.07, 6.45) is 0.0514. The van der Waals surface area contributed by atoms with Crippen molar-refractivity contribution in [2.45, 2.75) is 26.9 Å². The molecule has 2 amide bonds. The number of para-hydroxylation sites is 1. The summed E-state index contributed by atoms with van der Waals surface area (Å²) in [4.78, 5) is 24.1. The molecule has 2 N–H and O–H groups in total. The Labute approximate surface area is 155 Å². The van der Waals surface area contributed by atoms with E-state index in [0.717, 1.165) is 0 Å². The second-order valence-electron chi connectivity index (χ2n) is 5.85. The van der Waals surface area contributed by atoms with Crippen LogP contribution >= 0.6 is 0 Å². The summed E-state index contributed by atoms with van der Waals surface area (Å²) in [7, 11) is 0. The van der Waals surface area contributed by atoms with Gasteiger partial charge in [0.25, 0.3) is 0 Å². The van der Waals surface area contributed by atoms with Crippen LogP contribution in [0.25, 0.3) is 0 Å². The number of aryl methyl sites for hydroxylation is 2. The number of furan rings is 1. The lowest BCUT2D eigenvalue weighted by Gasteiger charge is -2.06. The van der Waals surface area contributed by atoms with Gasteiger partial charge in [0, 0.05) is 5.56 Å². The van der Waals surface area contributed by atoms with E-state index >= 15 is 0 Å². The highest BCUT2D eigenvalue weighted by Gasteiger charge is 2.16. The van der Waals surface area contributed by atoms with Crippen molar-refractivity contribution in [1.29, 1.82) is 0 Å². The zero-order valence-corrected chi connectivity index (χ0v) is 14.9. The third-order valence-electron chi connectivity index (χ3n) is 3.84. The minimum absolute atomic E-state index is 0.0514. The van der Waals surface area contributed by atoms with Crippen molar-refractivity contribution in [3.8, 4) is 5.75 Å². The number of carbonyl (C=O) groups is 2. The van der Waals surface area contributed by atoms with Gasteiger partial charge < -0.3 is 13.7 Å². The fraction of sp³-hybridized carbons (Fsp3) is 0.211. The quantitative estimate of drug-likeness (QED) is 0.647. The van der Waals surface area contributed by atoms with Crippen molar-refractivity contribution in [1.82, 2.24) is 16.0 Å². The molecule has 0 aliphatic rings. The summed E-state index contributed by atoms with van der Waals surface area (Å²) < 4.78 is 16.0. The van der Waals surface area contributed by atoms with Gasteiger partial charge >= 0.3 is 5.91 Å². The molecule has 0 radical (unpaired) electrons. The molecule has 27 heavy (non-hydrogen) atoms. The Morgan fingerprint density at radius 2 is 1.85 bits per heavy atom. The molecular formula is C19H19N3O5. The monoisotopic (exact) mass is 369 g/mol. The number of aromatic nitrogens is 1. The molecule has 2 heterocycles. The van der Waals surface area contributed by atoms with Crippen LogP contribution in [0.4, 0.5) is 0 Å². The summed E-state index contributed by atoms with van der Waals surface area (Å²) >= 11 is 0. The molecule has 0 atom stereocenters. The molecule has 8 nitrogen and oxygen atoms in total. The van der Waals surface area contributed by atoms with Gasteiger partial charge in [-0.15, -0.1) is 0 Å². The van der Waals surface area contributed by atoms with Crippen molar-refractivity contribution in [2.24, 2.45) is 0 Å². The fourth-order valence-electron chi connectivity index (χ4n) is 2.40. The number of hydrogen-bond donors (Lipinski definition) is 2. The molecule has 3 aromatic rings. The lowest BCUT2D eigenvalue weighted by molar-refractivity contribution is -0.121. The molecule has 8 heteroatoms. The SMILES string of the molecule is Cc1noc(C)c1CC(=O)NNC(=O)c1ccc(COc2ccccc2)o1. The van der Waals surface area contributed by atoms with Gasteiger partial charge in [0.15, 0.2) is 5.76 Å². The van der Waals surface area contributed by atoms with E-state index in [0.29, 0.717) is 28.5 Å². The summed E-state index contributed by atoms with van der Waals surface area (Å²) in [6.45, 7) is 3.67. The van der Waals surface area contributed by atoms with E-state index in [2.05, 4.69) is 16.0 Å². The number of carbonyl (C=O) groups excluding carboxylic acids is 2. The second kappa shape index (κ2) is 8.22. The van der Waals surface area contributed by atoms with Crippen LogP contribution in [0.3, 0.4) is 0 Å². The average Bonchev–Trinajstić information content (AvgIpc) is 3.27. The van der Waals surface area contributed by atoms with Crippen molar-refractivity contribution in [3.05, 3.63) is 71.0 Å². The lowest BCUT2D eigenvalue weighted by Crippen LogP contribution is -2.42. The van der Waals surface area contributed by atoms with E-state index in [1.54, 1.807) is 19.9 Å². The number of amides is 2. The number of benzene rings is 1. The van der Waals surface area contributed by atoms with Crippen LogP contribution in [-0.4, -0.2) is 17.0 Å². The van der Waals surface area contributed by atoms with Crippen molar-refractivity contribution in [3.63, 3.8) is 0 Å². The van der Waals surface area contributed by atoms with Crippen molar-refractivity contribution < 1.29 is 23.3 Å². The maximum absolute atomic E-state index is 12.1. The Morgan fingerprint density at radius 3 is 2.56 bits per heavy atom. The van der Waals surface area contributed by atoms with Gasteiger partial charge in [0.2, 0.25) is 5.91 Å². The molecule has 2 aromatic heterocycles. The first-order valence-corrected chi connectivity index (χ1v) is 8.30. The first-order chi connectivity index (χ1) is 13.0. The zero-order valence-electron chi connectivity index (χ0n) is 14.9. The van der Waals surface area contributed by atoms with Crippen LogP contribution in [-0.2, 0) is 17.8 Å². The summed E-state index contributed by atoms with van der Waals surface area (Å²) in [5, 5.41) is 3.78. The third-order valence-corrected chi connectivity index (χ3v) is 3.84. The highest BCUT2D eigenvalue weighted by molar-refractivity contribution is 5.93. The Balaban J connectivity index is 1.48. The summed E-state index contributed by atoms with van der Waals surface area (Å²) in [5.41, 5.74) is 5.99. The van der Waals surface area contributed by atoms with E-state index in [4.69, 9.17) is 13.7 Å². The molecule has 0 bridgehead atoms. The first kappa shape index (κ1) is 18.2. The largest absolute Gasteiger partial charge is 0.486 e. The van der Waals surface area contributed by atoms with Gasteiger partial charge in [-0.05, 0) is 38.1 Å². The van der Waals surface area contributed by atoms with Gasteiger partial charge in [-0.25, -0.2) is 0 Å². The van der Waals surface area contributed by atoms with E-state index < -0.39 is 11.8 Å². The van der Waals surface area contributed by atoms with Gasteiger partial charge in [-0.3, -0.25) is 20.4 Å². The Bertz CT molecular complexity index is 910. The van der Waals surface area contributed by atoms with Gasteiger partial charge in [-0.2, -0.15) is 0 Å². The summed E-state index contributed by atoms with van der Waals surface area (Å²) in [6, 6.07) is 12.4. The number of nitrogens with zero attached hydrogens (tertiary/aromatic N) is 1. The Kier molecular flexibility index (Phi) is 5.55. The number of ether oxygens (including phenoxy) is 1. The number of rotatable bonds is 6. The van der Waals surface area contributed by atoms with Crippen LogP contribution in [0, 0.1) is 13.8 Å². The van der Waals surface area contributed by atoms with Crippen LogP contribution in [0.2, 0.25) is 0 Å². The van der Waals surface area contributed by atoms with E-state index in [9.17, 15) is 9.59 Å². The maximum atomic E-state index is 12.1. The highest BCUT2D eigenvalue weighted by atomic mass is 16.5. The van der Waals surface area contributed by atoms with Gasteiger partial charge in [0.05, 0.1) is 12.1 Å². The molecule has 1 aromatic carbocycles. The number of hydrogen-bond acceptors (Lipinski definition) is 6. The van der Waals surface area contributed by atoms with Gasteiger partial charge in [0.1, 0.15) is 23.9 Å². The molecule has 0 fully saturated rings. The van der Waals surface area contributed by atoms with Crippen molar-refractivity contribution in [2.75, 3.05) is 0 Å². The fourth-order valence-corrected chi connectivity index (χ4v) is 2.40. The standard InChI is InChI=1S/C19H19N3O5/c1-12-16(13(2)27-22-12)10-18(23)20-21-19(24)17-9-8-15(26-17)11-25-14-6-4-3-5-7-14/h3-9H,10-11H2,1-2H3,(H,20,23)(H,21,24). The smallest absolute Gasteiger partial charge is 0.305 e. The summed E-state index contributed by atoms with van der Waals surface area (Å²) in [5.74, 6) is 0.880. The van der Waals surface area contributed by atoms with Crippen LogP contribution in [0.15, 0.2) is 51.4 Å². The van der Waals surface area contributed by atoms with Crippen LogP contribution in [0.1, 0.15) is 33.3 Å². The molecule has 0 saturated carbocycles. The molecule has 0 aliphatic heterocycles. The normalized spacial score (nSPS) is 10.4. The van der Waals surface area contributed by atoms with Crippen LogP contribution < -0.4 is 15.6 Å².